The van der Waals surface area contributed by atoms with E-state index in [1.807, 2.05) is 19.9 Å². The Hall–Kier alpha value is -1.84. The van der Waals surface area contributed by atoms with Crippen molar-refractivity contribution in [1.82, 2.24) is 0 Å². The van der Waals surface area contributed by atoms with E-state index in [0.29, 0.717) is 5.56 Å². The first-order valence-electron chi connectivity index (χ1n) is 7.07. The summed E-state index contributed by atoms with van der Waals surface area (Å²) in [6, 6.07) is 10.1. The highest BCUT2D eigenvalue weighted by atomic mass is 35.5. The van der Waals surface area contributed by atoms with E-state index in [2.05, 4.69) is 0 Å². The third kappa shape index (κ3) is 3.92. The third-order valence-electron chi connectivity index (χ3n) is 3.61. The second-order valence-corrected chi connectivity index (χ2v) is 6.12. The van der Waals surface area contributed by atoms with Crippen LogP contribution < -0.4 is 0 Å². The van der Waals surface area contributed by atoms with Gasteiger partial charge in [-0.2, -0.15) is 0 Å². The molecule has 2 aromatic rings. The van der Waals surface area contributed by atoms with E-state index in [4.69, 9.17) is 27.9 Å². The molecule has 0 aliphatic heterocycles. The number of benzene rings is 2. The first kappa shape index (κ1) is 17.5. The summed E-state index contributed by atoms with van der Waals surface area (Å²) in [6.45, 7) is 5.42. The van der Waals surface area contributed by atoms with Crippen molar-refractivity contribution in [2.24, 2.45) is 0 Å². The number of rotatable bonds is 4. The maximum absolute atomic E-state index is 12.4. The summed E-state index contributed by atoms with van der Waals surface area (Å²) < 4.78 is 5.23. The second kappa shape index (κ2) is 7.16. The summed E-state index contributed by atoms with van der Waals surface area (Å²) in [7, 11) is 0. The lowest BCUT2D eigenvalue weighted by Crippen LogP contribution is -2.25. The Morgan fingerprint density at radius 1 is 1.00 bits per heavy atom. The summed E-state index contributed by atoms with van der Waals surface area (Å²) in [5.74, 6) is -0.991. The SMILES string of the molecule is Cc1ccc(C(=O)[C@@H](C)OC(=O)c2c(Cl)cccc2Cl)cc1C. The van der Waals surface area contributed by atoms with Crippen molar-refractivity contribution in [3.8, 4) is 0 Å². The molecular weight excluding hydrogens is 335 g/mol. The molecule has 5 heteroatoms. The number of hydrogen-bond donors (Lipinski definition) is 0. The van der Waals surface area contributed by atoms with Gasteiger partial charge in [0.05, 0.1) is 15.6 Å². The average molecular weight is 351 g/mol. The Morgan fingerprint density at radius 2 is 1.61 bits per heavy atom. The van der Waals surface area contributed by atoms with Gasteiger partial charge in [0.2, 0.25) is 5.78 Å². The van der Waals surface area contributed by atoms with Gasteiger partial charge < -0.3 is 4.74 Å². The van der Waals surface area contributed by atoms with Gasteiger partial charge in [-0.1, -0.05) is 41.4 Å². The van der Waals surface area contributed by atoms with E-state index >= 15 is 0 Å². The number of carbonyl (C=O) groups excluding carboxylic acids is 2. The highest BCUT2D eigenvalue weighted by Gasteiger charge is 2.23. The van der Waals surface area contributed by atoms with Crippen molar-refractivity contribution in [2.75, 3.05) is 0 Å². The van der Waals surface area contributed by atoms with E-state index < -0.39 is 12.1 Å². The van der Waals surface area contributed by atoms with Gasteiger partial charge in [0, 0.05) is 5.56 Å². The van der Waals surface area contributed by atoms with Crippen LogP contribution in [0.1, 0.15) is 38.8 Å². The van der Waals surface area contributed by atoms with Crippen LogP contribution in [0.2, 0.25) is 10.0 Å². The molecule has 3 nitrogen and oxygen atoms in total. The Bertz CT molecular complexity index is 749. The number of halogens is 2. The quantitative estimate of drug-likeness (QED) is 0.573. The average Bonchev–Trinajstić information content (AvgIpc) is 2.49. The fraction of sp³-hybridized carbons (Fsp3) is 0.222. The van der Waals surface area contributed by atoms with E-state index in [9.17, 15) is 9.59 Å². The molecular formula is C18H16Cl2O3. The van der Waals surface area contributed by atoms with Crippen LogP contribution >= 0.6 is 23.2 Å². The zero-order valence-corrected chi connectivity index (χ0v) is 14.5. The maximum Gasteiger partial charge on any atom is 0.341 e. The summed E-state index contributed by atoms with van der Waals surface area (Å²) in [5.41, 5.74) is 2.66. The molecule has 0 radical (unpaired) electrons. The number of ketones is 1. The van der Waals surface area contributed by atoms with Crippen LogP contribution in [0.25, 0.3) is 0 Å². The van der Waals surface area contributed by atoms with Gasteiger partial charge >= 0.3 is 5.97 Å². The van der Waals surface area contributed by atoms with Crippen LogP contribution in [0.5, 0.6) is 0 Å². The standard InChI is InChI=1S/C18H16Cl2O3/c1-10-7-8-13(9-11(10)2)17(21)12(3)23-18(22)16-14(19)5-4-6-15(16)20/h4-9,12H,1-3H3/t12-/m1/s1. The molecule has 1 atom stereocenters. The van der Waals surface area contributed by atoms with Crippen molar-refractivity contribution < 1.29 is 14.3 Å². The minimum Gasteiger partial charge on any atom is -0.451 e. The molecule has 0 saturated carbocycles. The van der Waals surface area contributed by atoms with Crippen molar-refractivity contribution in [2.45, 2.75) is 26.9 Å². The Balaban J connectivity index is 2.17. The van der Waals surface area contributed by atoms with E-state index in [1.165, 1.54) is 6.92 Å². The van der Waals surface area contributed by atoms with Gasteiger partial charge in [-0.15, -0.1) is 0 Å². The molecule has 0 aliphatic carbocycles. The topological polar surface area (TPSA) is 43.4 Å². The third-order valence-corrected chi connectivity index (χ3v) is 4.24. The van der Waals surface area contributed by atoms with Gasteiger partial charge in [0.25, 0.3) is 0 Å². The van der Waals surface area contributed by atoms with Crippen LogP contribution in [0.4, 0.5) is 0 Å². The molecule has 2 rings (SSSR count). The Morgan fingerprint density at radius 3 is 2.17 bits per heavy atom. The van der Waals surface area contributed by atoms with Crippen molar-refractivity contribution in [3.05, 3.63) is 68.7 Å². The monoisotopic (exact) mass is 350 g/mol. The summed E-state index contributed by atoms with van der Waals surface area (Å²) in [6.07, 6.45) is -0.933. The summed E-state index contributed by atoms with van der Waals surface area (Å²) >= 11 is 11.9. The number of Topliss-reactive ketones (excluding diaryl/α,β-unsaturated/α-hetero) is 1. The molecule has 0 saturated heterocycles. The first-order chi connectivity index (χ1) is 10.8. The number of hydrogen-bond acceptors (Lipinski definition) is 3. The number of aryl methyl sites for hydroxylation is 2. The van der Waals surface area contributed by atoms with Crippen LogP contribution in [0, 0.1) is 13.8 Å². The van der Waals surface area contributed by atoms with Gasteiger partial charge in [-0.3, -0.25) is 4.79 Å². The zero-order chi connectivity index (χ0) is 17.1. The molecule has 0 aromatic heterocycles. The largest absolute Gasteiger partial charge is 0.451 e. The number of carbonyl (C=O) groups is 2. The van der Waals surface area contributed by atoms with Crippen LogP contribution in [-0.4, -0.2) is 17.9 Å². The first-order valence-corrected chi connectivity index (χ1v) is 7.83. The predicted octanol–water partition coefficient (Wildman–Crippen LogP) is 5.04. The minimum atomic E-state index is -0.933. The van der Waals surface area contributed by atoms with Gasteiger partial charge in [-0.25, -0.2) is 4.79 Å². The Kier molecular flexibility index (Phi) is 5.45. The molecule has 0 spiro atoms. The fourth-order valence-corrected chi connectivity index (χ4v) is 2.65. The van der Waals surface area contributed by atoms with E-state index in [1.54, 1.807) is 30.3 Å². The summed E-state index contributed by atoms with van der Waals surface area (Å²) in [4.78, 5) is 24.6. The molecule has 0 fully saturated rings. The second-order valence-electron chi connectivity index (χ2n) is 5.31. The van der Waals surface area contributed by atoms with Crippen LogP contribution in [0.3, 0.4) is 0 Å². The molecule has 0 bridgehead atoms. The Labute approximate surface area is 145 Å². The molecule has 0 aliphatic rings. The molecule has 0 amide bonds. The highest BCUT2D eigenvalue weighted by molar-refractivity contribution is 6.39. The fourth-order valence-electron chi connectivity index (χ4n) is 2.10. The van der Waals surface area contributed by atoms with E-state index in [-0.39, 0.29) is 21.4 Å². The molecule has 23 heavy (non-hydrogen) atoms. The molecule has 120 valence electrons. The molecule has 0 heterocycles. The highest BCUT2D eigenvalue weighted by Crippen LogP contribution is 2.25. The van der Waals surface area contributed by atoms with Crippen molar-refractivity contribution in [3.63, 3.8) is 0 Å². The minimum absolute atomic E-state index is 0.0653. The lowest BCUT2D eigenvalue weighted by molar-refractivity contribution is 0.0319. The number of esters is 1. The van der Waals surface area contributed by atoms with Gasteiger partial charge in [0.15, 0.2) is 6.10 Å². The van der Waals surface area contributed by atoms with Gasteiger partial charge in [-0.05, 0) is 50.1 Å². The van der Waals surface area contributed by atoms with E-state index in [0.717, 1.165) is 11.1 Å². The van der Waals surface area contributed by atoms with Gasteiger partial charge in [0.1, 0.15) is 0 Å². The lowest BCUT2D eigenvalue weighted by atomic mass is 10.0. The lowest BCUT2D eigenvalue weighted by Gasteiger charge is -2.14. The van der Waals surface area contributed by atoms with Crippen LogP contribution in [-0.2, 0) is 4.74 Å². The maximum atomic E-state index is 12.4. The smallest absolute Gasteiger partial charge is 0.341 e. The predicted molar refractivity (Wildman–Crippen MR) is 91.6 cm³/mol. The molecule has 2 aromatic carbocycles. The van der Waals surface area contributed by atoms with Crippen molar-refractivity contribution in [1.29, 1.82) is 0 Å². The normalized spacial score (nSPS) is 11.9. The summed E-state index contributed by atoms with van der Waals surface area (Å²) in [5, 5.41) is 0.377. The van der Waals surface area contributed by atoms with Crippen LogP contribution in [0.15, 0.2) is 36.4 Å². The van der Waals surface area contributed by atoms with Crippen molar-refractivity contribution >= 4 is 35.0 Å². The zero-order valence-electron chi connectivity index (χ0n) is 13.0. The molecule has 0 unspecified atom stereocenters. The number of ether oxygens (including phenoxy) is 1. The molecule has 0 N–H and O–H groups in total.